The maximum absolute atomic E-state index is 13.2. The van der Waals surface area contributed by atoms with E-state index in [4.69, 9.17) is 16.0 Å². The summed E-state index contributed by atoms with van der Waals surface area (Å²) >= 11 is 6.08. The zero-order chi connectivity index (χ0) is 27.1. The molecule has 0 radical (unpaired) electrons. The van der Waals surface area contributed by atoms with Gasteiger partial charge in [-0.15, -0.1) is 5.10 Å². The van der Waals surface area contributed by atoms with Crippen molar-refractivity contribution in [2.75, 3.05) is 0 Å². The summed E-state index contributed by atoms with van der Waals surface area (Å²) in [6, 6.07) is 12.7. The lowest BCUT2D eigenvalue weighted by atomic mass is 9.98. The van der Waals surface area contributed by atoms with Gasteiger partial charge in [-0.1, -0.05) is 35.9 Å². The Labute approximate surface area is 222 Å². The molecule has 39 heavy (non-hydrogen) atoms. The van der Waals surface area contributed by atoms with E-state index in [1.54, 1.807) is 36.7 Å². The number of alkyl halides is 3. The third-order valence-corrected chi connectivity index (χ3v) is 6.17. The summed E-state index contributed by atoms with van der Waals surface area (Å²) in [7, 11) is 0. The molecule has 6 rings (SSSR count). The molecule has 0 fully saturated rings. The van der Waals surface area contributed by atoms with Gasteiger partial charge in [0.05, 0.1) is 18.9 Å². The molecule has 1 aromatic carbocycles. The van der Waals surface area contributed by atoms with E-state index in [-0.39, 0.29) is 12.2 Å². The molecule has 0 bridgehead atoms. The lowest BCUT2D eigenvalue weighted by molar-refractivity contribution is -0.141. The van der Waals surface area contributed by atoms with E-state index in [9.17, 15) is 18.0 Å². The molecule has 13 heteroatoms. The van der Waals surface area contributed by atoms with Crippen molar-refractivity contribution in [2.24, 2.45) is 0 Å². The molecule has 0 aliphatic rings. The van der Waals surface area contributed by atoms with Crippen LogP contribution in [0.1, 0.15) is 11.3 Å². The average molecular weight is 550 g/mol. The Morgan fingerprint density at radius 3 is 2.33 bits per heavy atom. The van der Waals surface area contributed by atoms with Crippen LogP contribution in [0.3, 0.4) is 0 Å². The van der Waals surface area contributed by atoms with Crippen molar-refractivity contribution in [3.63, 3.8) is 0 Å². The van der Waals surface area contributed by atoms with Crippen molar-refractivity contribution in [3.05, 3.63) is 106 Å². The van der Waals surface area contributed by atoms with Gasteiger partial charge in [0.2, 0.25) is 5.89 Å². The second kappa shape index (κ2) is 9.48. The summed E-state index contributed by atoms with van der Waals surface area (Å²) in [6.45, 7) is -0.107. The SMILES string of the molecule is O=c1n(Cc2ccc(C(F)(F)F)nc2)nc2c(-c3ccc(-c4ncco4)nc3)c(-c3ccc(Cl)cc3)cnn12. The van der Waals surface area contributed by atoms with Crippen LogP contribution in [-0.4, -0.2) is 34.3 Å². The van der Waals surface area contributed by atoms with Crippen LogP contribution in [0.15, 0.2) is 88.8 Å². The quantitative estimate of drug-likeness (QED) is 0.284. The smallest absolute Gasteiger partial charge is 0.433 e. The van der Waals surface area contributed by atoms with Gasteiger partial charge in [-0.05, 0) is 35.4 Å². The first-order chi connectivity index (χ1) is 18.8. The number of pyridine rings is 2. The van der Waals surface area contributed by atoms with E-state index in [1.165, 1.54) is 18.5 Å². The molecule has 0 aliphatic carbocycles. The topological polar surface area (TPSA) is 104 Å². The molecule has 0 atom stereocenters. The zero-order valence-corrected chi connectivity index (χ0v) is 20.4. The molecule has 0 spiro atoms. The van der Waals surface area contributed by atoms with E-state index in [0.717, 1.165) is 27.0 Å². The molecule has 5 aromatic heterocycles. The first-order valence-electron chi connectivity index (χ1n) is 11.4. The number of hydrogen-bond donors (Lipinski definition) is 0. The second-order valence-corrected chi connectivity index (χ2v) is 8.87. The minimum absolute atomic E-state index is 0.107. The zero-order valence-electron chi connectivity index (χ0n) is 19.7. The number of oxazole rings is 1. The lowest BCUT2D eigenvalue weighted by Crippen LogP contribution is -2.23. The van der Waals surface area contributed by atoms with Crippen LogP contribution in [0.25, 0.3) is 39.5 Å². The van der Waals surface area contributed by atoms with Gasteiger partial charge in [-0.3, -0.25) is 9.97 Å². The lowest BCUT2D eigenvalue weighted by Gasteiger charge is -2.11. The van der Waals surface area contributed by atoms with Crippen LogP contribution in [0.4, 0.5) is 13.2 Å². The molecule has 6 aromatic rings. The number of aromatic nitrogens is 7. The van der Waals surface area contributed by atoms with Crippen LogP contribution in [-0.2, 0) is 12.7 Å². The number of fused-ring (bicyclic) bond motifs is 1. The van der Waals surface area contributed by atoms with Gasteiger partial charge in [0.25, 0.3) is 0 Å². The highest BCUT2D eigenvalue weighted by molar-refractivity contribution is 6.30. The summed E-state index contributed by atoms with van der Waals surface area (Å²) in [4.78, 5) is 25.2. The van der Waals surface area contributed by atoms with Crippen molar-refractivity contribution in [1.29, 1.82) is 0 Å². The van der Waals surface area contributed by atoms with Crippen molar-refractivity contribution >= 4 is 17.2 Å². The second-order valence-electron chi connectivity index (χ2n) is 8.43. The van der Waals surface area contributed by atoms with E-state index in [2.05, 4.69) is 25.1 Å². The summed E-state index contributed by atoms with van der Waals surface area (Å²) in [5, 5.41) is 9.36. The van der Waals surface area contributed by atoms with Crippen LogP contribution in [0.2, 0.25) is 5.02 Å². The fourth-order valence-electron chi connectivity index (χ4n) is 4.07. The van der Waals surface area contributed by atoms with E-state index in [0.29, 0.717) is 38.9 Å². The van der Waals surface area contributed by atoms with Crippen LogP contribution in [0, 0.1) is 0 Å². The Balaban J connectivity index is 1.48. The minimum Gasteiger partial charge on any atom is -0.443 e. The Hall–Kier alpha value is -4.84. The molecule has 0 saturated heterocycles. The van der Waals surface area contributed by atoms with E-state index >= 15 is 0 Å². The van der Waals surface area contributed by atoms with E-state index in [1.807, 2.05) is 12.1 Å². The molecule has 0 saturated carbocycles. The predicted octanol–water partition coefficient (Wildman–Crippen LogP) is 5.39. The molecule has 0 unspecified atom stereocenters. The van der Waals surface area contributed by atoms with Crippen LogP contribution in [0.5, 0.6) is 0 Å². The van der Waals surface area contributed by atoms with Crippen molar-refractivity contribution in [2.45, 2.75) is 12.7 Å². The van der Waals surface area contributed by atoms with Crippen LogP contribution >= 0.6 is 11.6 Å². The highest BCUT2D eigenvalue weighted by Crippen LogP contribution is 2.35. The largest absolute Gasteiger partial charge is 0.443 e. The Kier molecular flexibility index (Phi) is 5.95. The van der Waals surface area contributed by atoms with Gasteiger partial charge < -0.3 is 4.42 Å². The number of nitrogens with zero attached hydrogens (tertiary/aromatic N) is 7. The van der Waals surface area contributed by atoms with Crippen molar-refractivity contribution < 1.29 is 17.6 Å². The van der Waals surface area contributed by atoms with Gasteiger partial charge in [0.15, 0.2) is 5.65 Å². The highest BCUT2D eigenvalue weighted by atomic mass is 35.5. The fourth-order valence-corrected chi connectivity index (χ4v) is 4.20. The molecular formula is C26H15ClF3N7O2. The van der Waals surface area contributed by atoms with Crippen molar-refractivity contribution in [3.8, 4) is 33.8 Å². The van der Waals surface area contributed by atoms with Gasteiger partial charge in [0.1, 0.15) is 17.7 Å². The summed E-state index contributed by atoms with van der Waals surface area (Å²) < 4.78 is 46.3. The minimum atomic E-state index is -4.56. The molecule has 0 amide bonds. The first kappa shape index (κ1) is 24.5. The molecule has 0 aliphatic heterocycles. The fraction of sp³-hybridized carbons (Fsp3) is 0.0769. The average Bonchev–Trinajstić information content (AvgIpc) is 3.58. The summed E-state index contributed by atoms with van der Waals surface area (Å²) in [6.07, 6.45) is 2.62. The first-order valence-corrected chi connectivity index (χ1v) is 11.8. The summed E-state index contributed by atoms with van der Waals surface area (Å²) in [5.41, 5.74) is 2.16. The third-order valence-electron chi connectivity index (χ3n) is 5.92. The van der Waals surface area contributed by atoms with Crippen molar-refractivity contribution in [1.82, 2.24) is 34.3 Å². The van der Waals surface area contributed by atoms with Gasteiger partial charge in [-0.2, -0.15) is 22.8 Å². The predicted molar refractivity (Wildman–Crippen MR) is 135 cm³/mol. The Bertz CT molecular complexity index is 1830. The van der Waals surface area contributed by atoms with Gasteiger partial charge in [-0.25, -0.2) is 14.5 Å². The van der Waals surface area contributed by atoms with Crippen LogP contribution < -0.4 is 5.69 Å². The van der Waals surface area contributed by atoms with Gasteiger partial charge >= 0.3 is 11.9 Å². The molecule has 194 valence electrons. The Morgan fingerprint density at radius 1 is 0.897 bits per heavy atom. The van der Waals surface area contributed by atoms with Gasteiger partial charge in [0, 0.05) is 34.1 Å². The summed E-state index contributed by atoms with van der Waals surface area (Å²) in [5.74, 6) is 0.352. The highest BCUT2D eigenvalue weighted by Gasteiger charge is 2.32. The number of benzene rings is 1. The molecular weight excluding hydrogens is 535 g/mol. The number of halogens is 4. The maximum atomic E-state index is 13.2. The molecule has 0 N–H and O–H groups in total. The molecule has 9 nitrogen and oxygen atoms in total. The Morgan fingerprint density at radius 2 is 1.69 bits per heavy atom. The third kappa shape index (κ3) is 4.66. The number of rotatable bonds is 5. The molecule has 5 heterocycles. The number of hydrogen-bond acceptors (Lipinski definition) is 7. The van der Waals surface area contributed by atoms with E-state index < -0.39 is 17.6 Å². The maximum Gasteiger partial charge on any atom is 0.433 e. The normalized spacial score (nSPS) is 11.8. The standard InChI is InChI=1S/C26H15ClF3N7O2/c27-18-5-2-16(3-6-18)19-13-34-37-23(22(19)17-4-7-20(32-12-17)24-31-9-10-39-24)35-36(25(37)38)14-15-1-8-21(33-11-15)26(28,29)30/h1-13H,14H2. The monoisotopic (exact) mass is 549 g/mol.